The van der Waals surface area contributed by atoms with Crippen molar-refractivity contribution in [3.63, 3.8) is 0 Å². The lowest BCUT2D eigenvalue weighted by Crippen LogP contribution is -2.41. The van der Waals surface area contributed by atoms with Crippen LogP contribution in [0.15, 0.2) is 29.8 Å². The minimum atomic E-state index is -4.86. The van der Waals surface area contributed by atoms with Crippen molar-refractivity contribution in [3.05, 3.63) is 46.8 Å². The lowest BCUT2D eigenvalue weighted by molar-refractivity contribution is -0.138. The standard InChI is InChI=1S/C20H18F4N2O2/c1-18(2)10-19(8-12(9-25)16(18)27)6-7-26(11-19)17(28)15-13(20(22,23)24)4-3-5-14(15)21/h3-5,8H,6-7,10-11H2,1-2H3/t19-/m1/s1. The Kier molecular flexibility index (Phi) is 4.61. The third-order valence-electron chi connectivity index (χ3n) is 5.43. The van der Waals surface area contributed by atoms with E-state index in [0.717, 1.165) is 12.1 Å². The second-order valence-corrected chi connectivity index (χ2v) is 8.06. The van der Waals surface area contributed by atoms with E-state index in [1.54, 1.807) is 13.8 Å². The first-order valence-corrected chi connectivity index (χ1v) is 8.73. The number of allylic oxidation sites excluding steroid dienone is 1. The van der Waals surface area contributed by atoms with Gasteiger partial charge in [-0.25, -0.2) is 4.39 Å². The molecule has 1 spiro atoms. The van der Waals surface area contributed by atoms with Crippen LogP contribution in [0.2, 0.25) is 0 Å². The van der Waals surface area contributed by atoms with E-state index in [1.807, 2.05) is 6.07 Å². The highest BCUT2D eigenvalue weighted by molar-refractivity contribution is 6.04. The number of carbonyl (C=O) groups excluding carboxylic acids is 2. The Morgan fingerprint density at radius 3 is 2.57 bits per heavy atom. The minimum absolute atomic E-state index is 0.00702. The van der Waals surface area contributed by atoms with Crippen LogP contribution in [0.4, 0.5) is 17.6 Å². The van der Waals surface area contributed by atoms with E-state index >= 15 is 0 Å². The number of carbonyl (C=O) groups is 2. The fourth-order valence-corrected chi connectivity index (χ4v) is 4.30. The van der Waals surface area contributed by atoms with Crippen molar-refractivity contribution in [1.29, 1.82) is 5.26 Å². The maximum atomic E-state index is 14.2. The number of hydrogen-bond acceptors (Lipinski definition) is 3. The van der Waals surface area contributed by atoms with Crippen LogP contribution in [0.5, 0.6) is 0 Å². The van der Waals surface area contributed by atoms with E-state index in [4.69, 9.17) is 0 Å². The van der Waals surface area contributed by atoms with Gasteiger partial charge in [-0.05, 0) is 25.0 Å². The highest BCUT2D eigenvalue weighted by Crippen LogP contribution is 2.48. The second-order valence-electron chi connectivity index (χ2n) is 8.06. The monoisotopic (exact) mass is 394 g/mol. The molecule has 1 fully saturated rings. The summed E-state index contributed by atoms with van der Waals surface area (Å²) >= 11 is 0. The molecule has 1 heterocycles. The molecule has 1 aliphatic heterocycles. The van der Waals surface area contributed by atoms with E-state index in [-0.39, 0.29) is 24.4 Å². The number of nitrogens with zero attached hydrogens (tertiary/aromatic N) is 2. The van der Waals surface area contributed by atoms with Crippen LogP contribution >= 0.6 is 0 Å². The Bertz CT molecular complexity index is 927. The van der Waals surface area contributed by atoms with Crippen LogP contribution in [-0.4, -0.2) is 29.7 Å². The van der Waals surface area contributed by atoms with Gasteiger partial charge in [-0.15, -0.1) is 0 Å². The Labute approximate surface area is 159 Å². The van der Waals surface area contributed by atoms with Gasteiger partial charge < -0.3 is 4.90 Å². The van der Waals surface area contributed by atoms with Crippen molar-refractivity contribution in [3.8, 4) is 6.07 Å². The summed E-state index contributed by atoms with van der Waals surface area (Å²) < 4.78 is 53.9. The number of Topliss-reactive ketones (excluding diaryl/α,β-unsaturated/α-hetero) is 1. The summed E-state index contributed by atoms with van der Waals surface area (Å²) in [6.07, 6.45) is -2.59. The highest BCUT2D eigenvalue weighted by atomic mass is 19.4. The normalized spacial score (nSPS) is 24.2. The first-order valence-electron chi connectivity index (χ1n) is 8.73. The Morgan fingerprint density at radius 1 is 1.29 bits per heavy atom. The van der Waals surface area contributed by atoms with E-state index in [0.29, 0.717) is 18.9 Å². The van der Waals surface area contributed by atoms with Crippen molar-refractivity contribution in [2.45, 2.75) is 32.9 Å². The number of amides is 1. The second kappa shape index (κ2) is 6.43. The smallest absolute Gasteiger partial charge is 0.338 e. The Hall–Kier alpha value is -2.69. The molecule has 0 bridgehead atoms. The molecule has 28 heavy (non-hydrogen) atoms. The van der Waals surface area contributed by atoms with Crippen LogP contribution in [0.25, 0.3) is 0 Å². The zero-order valence-electron chi connectivity index (χ0n) is 15.4. The van der Waals surface area contributed by atoms with Crippen LogP contribution in [0.1, 0.15) is 42.6 Å². The lowest BCUT2D eigenvalue weighted by atomic mass is 9.64. The van der Waals surface area contributed by atoms with Gasteiger partial charge in [0.2, 0.25) is 0 Å². The first kappa shape index (κ1) is 20.1. The van der Waals surface area contributed by atoms with Gasteiger partial charge in [-0.3, -0.25) is 9.59 Å². The summed E-state index contributed by atoms with van der Waals surface area (Å²) in [7, 11) is 0. The Balaban J connectivity index is 1.96. The summed E-state index contributed by atoms with van der Waals surface area (Å²) in [5, 5.41) is 9.26. The molecular formula is C20H18F4N2O2. The van der Waals surface area contributed by atoms with Crippen molar-refractivity contribution in [2.24, 2.45) is 10.8 Å². The van der Waals surface area contributed by atoms with Crippen molar-refractivity contribution in [2.75, 3.05) is 13.1 Å². The summed E-state index contributed by atoms with van der Waals surface area (Å²) in [5.41, 5.74) is -3.84. The maximum absolute atomic E-state index is 14.2. The molecule has 0 radical (unpaired) electrons. The Morgan fingerprint density at radius 2 is 1.96 bits per heavy atom. The van der Waals surface area contributed by atoms with Crippen LogP contribution in [-0.2, 0) is 11.0 Å². The van der Waals surface area contributed by atoms with Gasteiger partial charge in [-0.1, -0.05) is 26.0 Å². The molecule has 3 rings (SSSR count). The zero-order valence-corrected chi connectivity index (χ0v) is 15.4. The van der Waals surface area contributed by atoms with Crippen molar-refractivity contribution in [1.82, 2.24) is 4.90 Å². The van der Waals surface area contributed by atoms with Crippen LogP contribution in [0, 0.1) is 28.0 Å². The maximum Gasteiger partial charge on any atom is 0.417 e. The number of halogens is 4. The summed E-state index contributed by atoms with van der Waals surface area (Å²) in [4.78, 5) is 26.3. The molecule has 0 unspecified atom stereocenters. The average molecular weight is 394 g/mol. The van der Waals surface area contributed by atoms with E-state index in [9.17, 15) is 32.4 Å². The average Bonchev–Trinajstić information content (AvgIpc) is 2.99. The number of hydrogen-bond donors (Lipinski definition) is 0. The number of rotatable bonds is 1. The van der Waals surface area contributed by atoms with E-state index < -0.39 is 39.9 Å². The van der Waals surface area contributed by atoms with Crippen LogP contribution in [0.3, 0.4) is 0 Å². The van der Waals surface area contributed by atoms with Gasteiger partial charge in [0, 0.05) is 23.9 Å². The largest absolute Gasteiger partial charge is 0.417 e. The fraction of sp³-hybridized carbons (Fsp3) is 0.450. The molecule has 8 heteroatoms. The SMILES string of the molecule is CC1(C)C[C@]2(C=C(C#N)C1=O)CCN(C(=O)c1c(F)cccc1C(F)(F)F)C2. The van der Waals surface area contributed by atoms with Gasteiger partial charge in [0.25, 0.3) is 5.91 Å². The lowest BCUT2D eigenvalue weighted by Gasteiger charge is -2.38. The molecule has 1 aromatic rings. The van der Waals surface area contributed by atoms with Gasteiger partial charge in [-0.2, -0.15) is 18.4 Å². The molecule has 148 valence electrons. The molecule has 2 aliphatic rings. The van der Waals surface area contributed by atoms with Crippen molar-refractivity contribution < 1.29 is 27.2 Å². The van der Waals surface area contributed by atoms with Gasteiger partial charge in [0.1, 0.15) is 11.9 Å². The third-order valence-corrected chi connectivity index (χ3v) is 5.43. The van der Waals surface area contributed by atoms with Gasteiger partial charge in [0.05, 0.1) is 16.7 Å². The number of alkyl halides is 3. The molecule has 1 saturated heterocycles. The van der Waals surface area contributed by atoms with E-state index in [2.05, 4.69) is 0 Å². The fourth-order valence-electron chi connectivity index (χ4n) is 4.30. The molecular weight excluding hydrogens is 376 g/mol. The summed E-state index contributed by atoms with van der Waals surface area (Å²) in [6, 6.07) is 4.29. The molecule has 0 aromatic heterocycles. The zero-order chi connectivity index (χ0) is 20.9. The summed E-state index contributed by atoms with van der Waals surface area (Å²) in [6.45, 7) is 3.54. The predicted octanol–water partition coefficient (Wildman–Crippen LogP) is 4.13. The predicted molar refractivity (Wildman–Crippen MR) is 91.5 cm³/mol. The molecule has 1 aromatic carbocycles. The quantitative estimate of drug-likeness (QED) is 0.673. The molecule has 0 N–H and O–H groups in total. The van der Waals surface area contributed by atoms with Crippen LogP contribution < -0.4 is 0 Å². The highest BCUT2D eigenvalue weighted by Gasteiger charge is 2.49. The number of likely N-dealkylation sites (tertiary alicyclic amines) is 1. The topological polar surface area (TPSA) is 61.2 Å². The van der Waals surface area contributed by atoms with Crippen molar-refractivity contribution >= 4 is 11.7 Å². The number of nitriles is 1. The molecule has 1 amide bonds. The minimum Gasteiger partial charge on any atom is -0.338 e. The molecule has 1 atom stereocenters. The van der Waals surface area contributed by atoms with Gasteiger partial charge in [0.15, 0.2) is 5.78 Å². The van der Waals surface area contributed by atoms with E-state index in [1.165, 1.54) is 11.0 Å². The first-order chi connectivity index (χ1) is 12.9. The molecule has 1 aliphatic carbocycles. The number of benzene rings is 1. The van der Waals surface area contributed by atoms with Gasteiger partial charge >= 0.3 is 6.18 Å². The molecule has 4 nitrogen and oxygen atoms in total. The molecule has 0 saturated carbocycles. The number of ketones is 1. The third kappa shape index (κ3) is 3.30. The summed E-state index contributed by atoms with van der Waals surface area (Å²) in [5.74, 6) is -2.56.